The van der Waals surface area contributed by atoms with Crippen molar-refractivity contribution in [2.75, 3.05) is 19.7 Å². The molecule has 2 aromatic carbocycles. The van der Waals surface area contributed by atoms with E-state index in [1.807, 2.05) is 0 Å². The van der Waals surface area contributed by atoms with Gasteiger partial charge in [-0.15, -0.1) is 0 Å². The van der Waals surface area contributed by atoms with Gasteiger partial charge in [0.1, 0.15) is 11.6 Å². The molecule has 0 aliphatic carbocycles. The smallest absolute Gasteiger partial charge is 0.254 e. The molecule has 0 heterocycles. The standard InChI is InChI=1S/C18H17Cl2FN2O3/c19-14-6-5-12(11-15(14)20)26-10-7-17(24)22-8-9-23-18(25)13-3-1-2-4-16(13)21/h1-6,11H,7-10H2,(H,22,24)(H,23,25). The van der Waals surface area contributed by atoms with E-state index in [0.717, 1.165) is 0 Å². The molecule has 0 fully saturated rings. The van der Waals surface area contributed by atoms with Gasteiger partial charge in [0.2, 0.25) is 5.91 Å². The Morgan fingerprint density at radius 3 is 2.46 bits per heavy atom. The summed E-state index contributed by atoms with van der Waals surface area (Å²) in [4.78, 5) is 23.5. The molecule has 5 nitrogen and oxygen atoms in total. The highest BCUT2D eigenvalue weighted by molar-refractivity contribution is 6.42. The molecule has 2 rings (SSSR count). The van der Waals surface area contributed by atoms with Crippen molar-refractivity contribution in [3.05, 3.63) is 63.9 Å². The third kappa shape index (κ3) is 6.20. The van der Waals surface area contributed by atoms with Crippen molar-refractivity contribution < 1.29 is 18.7 Å². The van der Waals surface area contributed by atoms with Crippen LogP contribution in [0.2, 0.25) is 10.0 Å². The van der Waals surface area contributed by atoms with Crippen molar-refractivity contribution in [2.45, 2.75) is 6.42 Å². The van der Waals surface area contributed by atoms with Gasteiger partial charge in [-0.3, -0.25) is 9.59 Å². The molecule has 0 aromatic heterocycles. The summed E-state index contributed by atoms with van der Waals surface area (Å²) < 4.78 is 18.9. The molecule has 0 aliphatic rings. The Bertz CT molecular complexity index is 787. The highest BCUT2D eigenvalue weighted by Crippen LogP contribution is 2.26. The van der Waals surface area contributed by atoms with Crippen LogP contribution in [0, 0.1) is 5.82 Å². The zero-order valence-corrected chi connectivity index (χ0v) is 15.2. The van der Waals surface area contributed by atoms with Gasteiger partial charge < -0.3 is 15.4 Å². The summed E-state index contributed by atoms with van der Waals surface area (Å²) in [5, 5.41) is 5.97. The van der Waals surface area contributed by atoms with Crippen LogP contribution in [-0.4, -0.2) is 31.5 Å². The Balaban J connectivity index is 1.62. The molecular weight excluding hydrogens is 382 g/mol. The van der Waals surface area contributed by atoms with E-state index in [0.29, 0.717) is 15.8 Å². The van der Waals surface area contributed by atoms with Crippen molar-refractivity contribution in [3.63, 3.8) is 0 Å². The van der Waals surface area contributed by atoms with Crippen LogP contribution in [-0.2, 0) is 4.79 Å². The molecule has 2 amide bonds. The molecule has 0 saturated carbocycles. The van der Waals surface area contributed by atoms with E-state index >= 15 is 0 Å². The van der Waals surface area contributed by atoms with Gasteiger partial charge in [0.25, 0.3) is 5.91 Å². The summed E-state index contributed by atoms with van der Waals surface area (Å²) in [6.45, 7) is 0.587. The monoisotopic (exact) mass is 398 g/mol. The number of hydrogen-bond donors (Lipinski definition) is 2. The van der Waals surface area contributed by atoms with Gasteiger partial charge in [-0.2, -0.15) is 0 Å². The second kappa shape index (κ2) is 9.99. The van der Waals surface area contributed by atoms with E-state index in [-0.39, 0.29) is 37.6 Å². The Labute approximate surface area is 160 Å². The summed E-state index contributed by atoms with van der Waals surface area (Å²) >= 11 is 11.7. The number of carbonyl (C=O) groups excluding carboxylic acids is 2. The molecule has 26 heavy (non-hydrogen) atoms. The second-order valence-corrected chi connectivity index (χ2v) is 6.07. The summed E-state index contributed by atoms with van der Waals surface area (Å²) in [6.07, 6.45) is 0.140. The first-order valence-corrected chi connectivity index (χ1v) is 8.60. The summed E-state index contributed by atoms with van der Waals surface area (Å²) in [5.74, 6) is -0.830. The minimum Gasteiger partial charge on any atom is -0.493 e. The molecule has 0 unspecified atom stereocenters. The van der Waals surface area contributed by atoms with Crippen molar-refractivity contribution in [2.24, 2.45) is 0 Å². The SMILES string of the molecule is O=C(CCOc1ccc(Cl)c(Cl)c1)NCCNC(=O)c1ccccc1F. The average molecular weight is 399 g/mol. The molecule has 0 saturated heterocycles. The van der Waals surface area contributed by atoms with Gasteiger partial charge >= 0.3 is 0 Å². The van der Waals surface area contributed by atoms with Crippen molar-refractivity contribution in [1.29, 1.82) is 0 Å². The quantitative estimate of drug-likeness (QED) is 0.669. The van der Waals surface area contributed by atoms with Crippen LogP contribution in [0.5, 0.6) is 5.75 Å². The first-order valence-electron chi connectivity index (χ1n) is 7.84. The maximum Gasteiger partial charge on any atom is 0.254 e. The number of hydrogen-bond acceptors (Lipinski definition) is 3. The minimum atomic E-state index is -0.589. The lowest BCUT2D eigenvalue weighted by Gasteiger charge is -2.09. The molecule has 0 bridgehead atoms. The van der Waals surface area contributed by atoms with Crippen LogP contribution < -0.4 is 15.4 Å². The normalized spacial score (nSPS) is 10.3. The number of halogens is 3. The van der Waals surface area contributed by atoms with Gasteiger partial charge in [0, 0.05) is 19.2 Å². The van der Waals surface area contributed by atoms with E-state index in [9.17, 15) is 14.0 Å². The topological polar surface area (TPSA) is 67.4 Å². The molecule has 0 atom stereocenters. The van der Waals surface area contributed by atoms with Gasteiger partial charge in [0.15, 0.2) is 0 Å². The highest BCUT2D eigenvalue weighted by atomic mass is 35.5. The van der Waals surface area contributed by atoms with E-state index in [1.165, 1.54) is 18.2 Å². The van der Waals surface area contributed by atoms with Crippen LogP contribution in [0.4, 0.5) is 4.39 Å². The third-order valence-electron chi connectivity index (χ3n) is 3.34. The fourth-order valence-corrected chi connectivity index (χ4v) is 2.32. The Kier molecular flexibility index (Phi) is 7.69. The molecule has 0 radical (unpaired) electrons. The van der Waals surface area contributed by atoms with Crippen LogP contribution >= 0.6 is 23.2 Å². The fourth-order valence-electron chi connectivity index (χ4n) is 2.04. The average Bonchev–Trinajstić information content (AvgIpc) is 2.62. The number of rotatable bonds is 8. The molecule has 2 N–H and O–H groups in total. The number of amides is 2. The lowest BCUT2D eigenvalue weighted by Crippen LogP contribution is -2.35. The predicted molar refractivity (Wildman–Crippen MR) is 98.3 cm³/mol. The van der Waals surface area contributed by atoms with Gasteiger partial charge in [-0.1, -0.05) is 35.3 Å². The number of ether oxygens (including phenoxy) is 1. The highest BCUT2D eigenvalue weighted by Gasteiger charge is 2.10. The Morgan fingerprint density at radius 2 is 1.73 bits per heavy atom. The minimum absolute atomic E-state index is 0.0335. The lowest BCUT2D eigenvalue weighted by molar-refractivity contribution is -0.121. The first kappa shape index (κ1) is 20.0. The maximum absolute atomic E-state index is 13.4. The van der Waals surface area contributed by atoms with Crippen LogP contribution in [0.15, 0.2) is 42.5 Å². The predicted octanol–water partition coefficient (Wildman–Crippen LogP) is 3.45. The van der Waals surface area contributed by atoms with Crippen molar-refractivity contribution in [3.8, 4) is 5.75 Å². The van der Waals surface area contributed by atoms with E-state index in [4.69, 9.17) is 27.9 Å². The van der Waals surface area contributed by atoms with Gasteiger partial charge in [0.05, 0.1) is 28.6 Å². The van der Waals surface area contributed by atoms with E-state index < -0.39 is 11.7 Å². The zero-order chi connectivity index (χ0) is 18.9. The Morgan fingerprint density at radius 1 is 1.00 bits per heavy atom. The zero-order valence-electron chi connectivity index (χ0n) is 13.7. The van der Waals surface area contributed by atoms with Crippen LogP contribution in [0.25, 0.3) is 0 Å². The molecule has 0 aliphatic heterocycles. The molecule has 8 heteroatoms. The van der Waals surface area contributed by atoms with Crippen LogP contribution in [0.3, 0.4) is 0 Å². The molecule has 0 spiro atoms. The summed E-state index contributed by atoms with van der Waals surface area (Å²) in [7, 11) is 0. The maximum atomic E-state index is 13.4. The third-order valence-corrected chi connectivity index (χ3v) is 4.08. The van der Waals surface area contributed by atoms with E-state index in [1.54, 1.807) is 24.3 Å². The van der Waals surface area contributed by atoms with Crippen molar-refractivity contribution in [1.82, 2.24) is 10.6 Å². The number of benzene rings is 2. The fraction of sp³-hybridized carbons (Fsp3) is 0.222. The molecular formula is C18H17Cl2FN2O3. The number of nitrogens with one attached hydrogen (secondary N) is 2. The molecule has 138 valence electrons. The summed E-state index contributed by atoms with van der Waals surface area (Å²) in [5.41, 5.74) is -0.0335. The Hall–Kier alpha value is -2.31. The number of carbonyl (C=O) groups is 2. The van der Waals surface area contributed by atoms with Crippen molar-refractivity contribution >= 4 is 35.0 Å². The van der Waals surface area contributed by atoms with E-state index in [2.05, 4.69) is 10.6 Å². The summed E-state index contributed by atoms with van der Waals surface area (Å²) in [6, 6.07) is 10.5. The lowest BCUT2D eigenvalue weighted by atomic mass is 10.2. The van der Waals surface area contributed by atoms with Crippen LogP contribution in [0.1, 0.15) is 16.8 Å². The second-order valence-electron chi connectivity index (χ2n) is 5.26. The largest absolute Gasteiger partial charge is 0.493 e. The first-order chi connectivity index (χ1) is 12.5. The van der Waals surface area contributed by atoms with Gasteiger partial charge in [-0.05, 0) is 24.3 Å². The van der Waals surface area contributed by atoms with Gasteiger partial charge in [-0.25, -0.2) is 4.39 Å². The molecule has 2 aromatic rings.